The lowest BCUT2D eigenvalue weighted by molar-refractivity contribution is 0.0946. The van der Waals surface area contributed by atoms with E-state index in [1.807, 2.05) is 47.0 Å². The summed E-state index contributed by atoms with van der Waals surface area (Å²) in [7, 11) is 0. The Hall–Kier alpha value is -3.54. The highest BCUT2D eigenvalue weighted by Crippen LogP contribution is 2.25. The third kappa shape index (κ3) is 3.04. The van der Waals surface area contributed by atoms with Gasteiger partial charge in [-0.3, -0.25) is 14.2 Å². The van der Waals surface area contributed by atoms with Crippen molar-refractivity contribution in [3.63, 3.8) is 0 Å². The molecule has 0 unspecified atom stereocenters. The van der Waals surface area contributed by atoms with E-state index in [9.17, 15) is 9.18 Å². The van der Waals surface area contributed by atoms with E-state index in [2.05, 4.69) is 15.3 Å². The molecule has 0 aliphatic rings. The number of carbonyl (C=O) groups is 1. The van der Waals surface area contributed by atoms with Crippen molar-refractivity contribution in [3.8, 4) is 11.3 Å². The van der Waals surface area contributed by atoms with Crippen LogP contribution in [-0.2, 0) is 6.54 Å². The fraction of sp³-hybridized carbons (Fsp3) is 0.0500. The van der Waals surface area contributed by atoms with Crippen molar-refractivity contribution < 1.29 is 9.18 Å². The molecular formula is C20H15FN4O. The summed E-state index contributed by atoms with van der Waals surface area (Å²) in [4.78, 5) is 21.4. The highest BCUT2D eigenvalue weighted by molar-refractivity contribution is 5.99. The van der Waals surface area contributed by atoms with Crippen molar-refractivity contribution in [2.24, 2.45) is 0 Å². The second-order valence-electron chi connectivity index (χ2n) is 5.75. The minimum atomic E-state index is -0.330. The van der Waals surface area contributed by atoms with Gasteiger partial charge in [-0.15, -0.1) is 0 Å². The van der Waals surface area contributed by atoms with Crippen LogP contribution in [0.5, 0.6) is 0 Å². The summed E-state index contributed by atoms with van der Waals surface area (Å²) in [6.07, 6.45) is 3.51. The Balaban J connectivity index is 1.73. The maximum atomic E-state index is 13.3. The van der Waals surface area contributed by atoms with E-state index in [1.54, 1.807) is 18.3 Å². The zero-order valence-electron chi connectivity index (χ0n) is 13.8. The van der Waals surface area contributed by atoms with Gasteiger partial charge in [0.1, 0.15) is 11.5 Å². The molecule has 1 N–H and O–H groups in total. The molecule has 3 heterocycles. The molecule has 4 rings (SSSR count). The quantitative estimate of drug-likeness (QED) is 0.616. The van der Waals surface area contributed by atoms with E-state index in [1.165, 1.54) is 12.1 Å². The molecule has 0 spiro atoms. The van der Waals surface area contributed by atoms with Crippen LogP contribution in [0.25, 0.3) is 16.9 Å². The Bertz CT molecular complexity index is 1060. The number of amides is 1. The number of carbonyl (C=O) groups excluding carboxylic acids is 1. The molecule has 1 amide bonds. The Kier molecular flexibility index (Phi) is 4.15. The molecule has 0 aliphatic heterocycles. The van der Waals surface area contributed by atoms with Crippen LogP contribution in [0.2, 0.25) is 0 Å². The summed E-state index contributed by atoms with van der Waals surface area (Å²) in [5, 5.41) is 2.85. The predicted molar refractivity (Wildman–Crippen MR) is 96.0 cm³/mol. The molecule has 0 saturated carbocycles. The molecule has 6 heteroatoms. The number of nitrogens with zero attached hydrogens (tertiary/aromatic N) is 3. The summed E-state index contributed by atoms with van der Waals surface area (Å²) < 4.78 is 15.1. The Morgan fingerprint density at radius 3 is 2.62 bits per heavy atom. The second-order valence-corrected chi connectivity index (χ2v) is 5.75. The molecule has 4 aromatic rings. The normalized spacial score (nSPS) is 10.8. The van der Waals surface area contributed by atoms with E-state index in [0.29, 0.717) is 29.1 Å². The van der Waals surface area contributed by atoms with E-state index in [-0.39, 0.29) is 11.7 Å². The van der Waals surface area contributed by atoms with E-state index < -0.39 is 0 Å². The van der Waals surface area contributed by atoms with Crippen molar-refractivity contribution in [2.75, 3.05) is 0 Å². The third-order valence-electron chi connectivity index (χ3n) is 4.02. The Labute approximate surface area is 149 Å². The molecule has 0 aliphatic carbocycles. The van der Waals surface area contributed by atoms with Gasteiger partial charge in [-0.1, -0.05) is 12.1 Å². The van der Waals surface area contributed by atoms with E-state index in [4.69, 9.17) is 0 Å². The van der Waals surface area contributed by atoms with Crippen molar-refractivity contribution in [2.45, 2.75) is 6.54 Å². The van der Waals surface area contributed by atoms with Crippen molar-refractivity contribution in [1.82, 2.24) is 19.7 Å². The van der Waals surface area contributed by atoms with Gasteiger partial charge in [-0.05, 0) is 48.5 Å². The van der Waals surface area contributed by atoms with Crippen molar-refractivity contribution in [1.29, 1.82) is 0 Å². The number of rotatable bonds is 4. The van der Waals surface area contributed by atoms with Crippen LogP contribution < -0.4 is 5.32 Å². The topological polar surface area (TPSA) is 59.3 Å². The highest BCUT2D eigenvalue weighted by atomic mass is 19.1. The zero-order chi connectivity index (χ0) is 17.9. The maximum absolute atomic E-state index is 13.3. The zero-order valence-corrected chi connectivity index (χ0v) is 13.8. The summed E-state index contributed by atoms with van der Waals surface area (Å²) in [5.74, 6) is -0.637. The second kappa shape index (κ2) is 6.76. The van der Waals surface area contributed by atoms with Gasteiger partial charge in [0.15, 0.2) is 5.69 Å². The largest absolute Gasteiger partial charge is 0.345 e. The monoisotopic (exact) mass is 346 g/mol. The maximum Gasteiger partial charge on any atom is 0.272 e. The number of pyridine rings is 2. The van der Waals surface area contributed by atoms with Crippen LogP contribution in [0.3, 0.4) is 0 Å². The van der Waals surface area contributed by atoms with Crippen LogP contribution >= 0.6 is 0 Å². The van der Waals surface area contributed by atoms with Gasteiger partial charge in [-0.25, -0.2) is 9.37 Å². The highest BCUT2D eigenvalue weighted by Gasteiger charge is 2.20. The number of imidazole rings is 1. The van der Waals surface area contributed by atoms with E-state index >= 15 is 0 Å². The first-order valence-electron chi connectivity index (χ1n) is 8.13. The average molecular weight is 346 g/mol. The molecule has 1 aromatic carbocycles. The lowest BCUT2D eigenvalue weighted by Gasteiger charge is -2.07. The van der Waals surface area contributed by atoms with Gasteiger partial charge >= 0.3 is 0 Å². The van der Waals surface area contributed by atoms with Crippen LogP contribution in [-0.4, -0.2) is 20.3 Å². The first kappa shape index (κ1) is 16.0. The van der Waals surface area contributed by atoms with Crippen molar-refractivity contribution in [3.05, 3.63) is 90.3 Å². The van der Waals surface area contributed by atoms with Gasteiger partial charge in [0.05, 0.1) is 17.9 Å². The molecule has 0 fully saturated rings. The molecule has 0 atom stereocenters. The number of nitrogens with one attached hydrogen (secondary N) is 1. The summed E-state index contributed by atoms with van der Waals surface area (Å²) in [5.41, 5.74) is 3.04. The molecular weight excluding hydrogens is 331 g/mol. The molecule has 5 nitrogen and oxygen atoms in total. The number of hydrogen-bond donors (Lipinski definition) is 1. The average Bonchev–Trinajstić information content (AvgIpc) is 3.07. The molecule has 128 valence electrons. The SMILES string of the molecule is O=C(NCc1ccccn1)c1nc2ccccn2c1-c1ccc(F)cc1. The fourth-order valence-electron chi connectivity index (χ4n) is 2.79. The predicted octanol–water partition coefficient (Wildman–Crippen LogP) is 3.47. The Morgan fingerprint density at radius 1 is 1.04 bits per heavy atom. The van der Waals surface area contributed by atoms with E-state index in [0.717, 1.165) is 5.69 Å². The van der Waals surface area contributed by atoms with Gasteiger partial charge < -0.3 is 5.32 Å². The third-order valence-corrected chi connectivity index (χ3v) is 4.02. The molecule has 26 heavy (non-hydrogen) atoms. The lowest BCUT2D eigenvalue weighted by Crippen LogP contribution is -2.24. The molecule has 3 aromatic heterocycles. The smallest absolute Gasteiger partial charge is 0.272 e. The fourth-order valence-corrected chi connectivity index (χ4v) is 2.79. The summed E-state index contributed by atoms with van der Waals surface area (Å²) in [6, 6.07) is 17.1. The number of hydrogen-bond acceptors (Lipinski definition) is 3. The minimum absolute atomic E-state index is 0.290. The molecule has 0 bridgehead atoms. The number of halogens is 1. The summed E-state index contributed by atoms with van der Waals surface area (Å²) >= 11 is 0. The van der Waals surface area contributed by atoms with Crippen molar-refractivity contribution >= 4 is 11.6 Å². The number of fused-ring (bicyclic) bond motifs is 1. The number of benzene rings is 1. The van der Waals surface area contributed by atoms with Crippen LogP contribution in [0, 0.1) is 5.82 Å². The van der Waals surface area contributed by atoms with Gasteiger partial charge in [0.25, 0.3) is 5.91 Å². The van der Waals surface area contributed by atoms with Crippen LogP contribution in [0.4, 0.5) is 4.39 Å². The van der Waals surface area contributed by atoms with Gasteiger partial charge in [-0.2, -0.15) is 0 Å². The first-order chi connectivity index (χ1) is 12.7. The van der Waals surface area contributed by atoms with Gasteiger partial charge in [0, 0.05) is 18.0 Å². The summed E-state index contributed by atoms with van der Waals surface area (Å²) in [6.45, 7) is 0.302. The van der Waals surface area contributed by atoms with Gasteiger partial charge in [0.2, 0.25) is 0 Å². The van der Waals surface area contributed by atoms with Crippen LogP contribution in [0.15, 0.2) is 73.1 Å². The minimum Gasteiger partial charge on any atom is -0.345 e. The standard InChI is InChI=1S/C20H15FN4O/c21-15-9-7-14(8-10-15)19-18(24-17-6-2-4-12-25(17)19)20(26)23-13-16-5-1-3-11-22-16/h1-12H,13H2,(H,23,26). The lowest BCUT2D eigenvalue weighted by atomic mass is 10.1. The first-order valence-corrected chi connectivity index (χ1v) is 8.13. The molecule has 0 radical (unpaired) electrons. The van der Waals surface area contributed by atoms with Crippen LogP contribution in [0.1, 0.15) is 16.2 Å². The molecule has 0 saturated heterocycles. The Morgan fingerprint density at radius 2 is 1.85 bits per heavy atom. The number of aromatic nitrogens is 3.